The monoisotopic (exact) mass is 388 g/mol. The van der Waals surface area contributed by atoms with Gasteiger partial charge in [0.15, 0.2) is 0 Å². The Kier molecular flexibility index (Phi) is 5.61. The smallest absolute Gasteiger partial charge is 0.254 e. The van der Waals surface area contributed by atoms with Crippen LogP contribution < -0.4 is 15.0 Å². The molecule has 2 heterocycles. The Hall–Kier alpha value is -3.54. The van der Waals surface area contributed by atoms with Crippen molar-refractivity contribution in [2.75, 3.05) is 43.5 Å². The van der Waals surface area contributed by atoms with Crippen LogP contribution in [0.3, 0.4) is 0 Å². The zero-order valence-electron chi connectivity index (χ0n) is 16.4. The number of methoxy groups -OCH3 is 1. The van der Waals surface area contributed by atoms with E-state index in [2.05, 4.69) is 27.3 Å². The molecule has 3 aromatic rings. The van der Waals surface area contributed by atoms with Crippen molar-refractivity contribution in [1.29, 1.82) is 0 Å². The third-order valence-electron chi connectivity index (χ3n) is 5.06. The lowest BCUT2D eigenvalue weighted by atomic mass is 10.2. The predicted molar refractivity (Wildman–Crippen MR) is 115 cm³/mol. The summed E-state index contributed by atoms with van der Waals surface area (Å²) in [6, 6.07) is 21.5. The van der Waals surface area contributed by atoms with E-state index in [0.717, 1.165) is 24.5 Å². The molecule has 6 heteroatoms. The van der Waals surface area contributed by atoms with E-state index in [1.807, 2.05) is 47.4 Å². The molecule has 1 N–H and O–H groups in total. The fourth-order valence-electron chi connectivity index (χ4n) is 3.44. The van der Waals surface area contributed by atoms with E-state index < -0.39 is 0 Å². The normalized spacial score (nSPS) is 13.8. The van der Waals surface area contributed by atoms with E-state index in [0.29, 0.717) is 24.5 Å². The molecule has 0 unspecified atom stereocenters. The molecular weight excluding hydrogens is 364 g/mol. The maximum Gasteiger partial charge on any atom is 0.254 e. The minimum atomic E-state index is 0.0397. The van der Waals surface area contributed by atoms with Crippen LogP contribution in [0, 0.1) is 0 Å². The zero-order chi connectivity index (χ0) is 20.1. The highest BCUT2D eigenvalue weighted by atomic mass is 16.5. The molecule has 29 heavy (non-hydrogen) atoms. The minimum absolute atomic E-state index is 0.0397. The summed E-state index contributed by atoms with van der Waals surface area (Å²) in [6.07, 6.45) is 1.67. The van der Waals surface area contributed by atoms with Crippen molar-refractivity contribution in [2.24, 2.45) is 0 Å². The number of nitrogens with one attached hydrogen (secondary N) is 1. The molecule has 1 amide bonds. The van der Waals surface area contributed by atoms with Crippen molar-refractivity contribution in [3.05, 3.63) is 78.5 Å². The fourth-order valence-corrected chi connectivity index (χ4v) is 3.44. The molecule has 1 saturated heterocycles. The second-order valence-corrected chi connectivity index (χ2v) is 6.90. The maximum absolute atomic E-state index is 13.0. The summed E-state index contributed by atoms with van der Waals surface area (Å²) >= 11 is 0. The van der Waals surface area contributed by atoms with Gasteiger partial charge in [-0.15, -0.1) is 0 Å². The molecule has 0 atom stereocenters. The molecule has 0 radical (unpaired) electrons. The van der Waals surface area contributed by atoms with Crippen LogP contribution in [0.2, 0.25) is 0 Å². The number of para-hydroxylation sites is 1. The summed E-state index contributed by atoms with van der Waals surface area (Å²) in [7, 11) is 1.64. The van der Waals surface area contributed by atoms with Crippen LogP contribution in [0.25, 0.3) is 0 Å². The summed E-state index contributed by atoms with van der Waals surface area (Å²) in [6.45, 7) is 3.07. The first-order valence-electron chi connectivity index (χ1n) is 9.69. The molecule has 0 saturated carbocycles. The number of hydrogen-bond acceptors (Lipinski definition) is 5. The number of nitrogens with zero attached hydrogens (tertiary/aromatic N) is 3. The minimum Gasteiger partial charge on any atom is -0.497 e. The highest BCUT2D eigenvalue weighted by Gasteiger charge is 2.22. The van der Waals surface area contributed by atoms with Crippen molar-refractivity contribution in [3.8, 4) is 5.75 Å². The van der Waals surface area contributed by atoms with Crippen molar-refractivity contribution < 1.29 is 9.53 Å². The Morgan fingerprint density at radius 1 is 0.966 bits per heavy atom. The molecule has 6 nitrogen and oxygen atoms in total. The molecule has 4 rings (SSSR count). The number of pyridine rings is 1. The number of carbonyl (C=O) groups excluding carboxylic acids is 1. The lowest BCUT2D eigenvalue weighted by molar-refractivity contribution is 0.0746. The summed E-state index contributed by atoms with van der Waals surface area (Å²) in [5, 5.41) is 3.24. The van der Waals surface area contributed by atoms with Gasteiger partial charge in [0.2, 0.25) is 0 Å². The predicted octanol–water partition coefficient (Wildman–Crippen LogP) is 3.80. The molecule has 1 aromatic heterocycles. The van der Waals surface area contributed by atoms with Gasteiger partial charge in [0.05, 0.1) is 7.11 Å². The first-order valence-corrected chi connectivity index (χ1v) is 9.69. The van der Waals surface area contributed by atoms with Gasteiger partial charge in [-0.3, -0.25) is 4.79 Å². The van der Waals surface area contributed by atoms with Crippen molar-refractivity contribution in [1.82, 2.24) is 9.88 Å². The number of amides is 1. The SMILES string of the molecule is COc1ccc(Nc2cc(C(=O)N3CCN(c4ccccc4)CC3)ccn2)cc1. The van der Waals surface area contributed by atoms with E-state index >= 15 is 0 Å². The van der Waals surface area contributed by atoms with Gasteiger partial charge in [0.25, 0.3) is 5.91 Å². The Bertz CT molecular complexity index is 952. The van der Waals surface area contributed by atoms with Gasteiger partial charge >= 0.3 is 0 Å². The first kappa shape index (κ1) is 18.8. The number of aromatic nitrogens is 1. The Balaban J connectivity index is 1.39. The van der Waals surface area contributed by atoms with E-state index in [-0.39, 0.29) is 5.91 Å². The zero-order valence-corrected chi connectivity index (χ0v) is 16.4. The van der Waals surface area contributed by atoms with Gasteiger partial charge in [0, 0.05) is 49.3 Å². The number of rotatable bonds is 5. The summed E-state index contributed by atoms with van der Waals surface area (Å²) in [4.78, 5) is 21.5. The van der Waals surface area contributed by atoms with Crippen molar-refractivity contribution >= 4 is 23.1 Å². The molecule has 0 spiro atoms. The number of benzene rings is 2. The summed E-state index contributed by atoms with van der Waals surface area (Å²) < 4.78 is 5.18. The van der Waals surface area contributed by atoms with Crippen LogP contribution in [0.1, 0.15) is 10.4 Å². The lowest BCUT2D eigenvalue weighted by Crippen LogP contribution is -2.48. The summed E-state index contributed by atoms with van der Waals surface area (Å²) in [5.74, 6) is 1.48. The lowest BCUT2D eigenvalue weighted by Gasteiger charge is -2.36. The topological polar surface area (TPSA) is 57.7 Å². The van der Waals surface area contributed by atoms with Crippen LogP contribution in [0.4, 0.5) is 17.2 Å². The van der Waals surface area contributed by atoms with E-state index in [1.54, 1.807) is 25.4 Å². The van der Waals surface area contributed by atoms with Crippen LogP contribution >= 0.6 is 0 Å². The highest BCUT2D eigenvalue weighted by molar-refractivity contribution is 5.95. The molecule has 148 valence electrons. The first-order chi connectivity index (χ1) is 14.2. The van der Waals surface area contributed by atoms with Crippen LogP contribution in [-0.2, 0) is 0 Å². The standard InChI is InChI=1S/C23H24N4O2/c1-29-21-9-7-19(8-10-21)25-22-17-18(11-12-24-22)23(28)27-15-13-26(14-16-27)20-5-3-2-4-6-20/h2-12,17H,13-16H2,1H3,(H,24,25). The van der Waals surface area contributed by atoms with Gasteiger partial charge in [-0.2, -0.15) is 0 Å². The van der Waals surface area contributed by atoms with Crippen LogP contribution in [-0.4, -0.2) is 49.1 Å². The quantitative estimate of drug-likeness (QED) is 0.721. The third-order valence-corrected chi connectivity index (χ3v) is 5.06. The van der Waals surface area contributed by atoms with Gasteiger partial charge in [-0.05, 0) is 48.5 Å². The van der Waals surface area contributed by atoms with E-state index in [4.69, 9.17) is 4.74 Å². The number of ether oxygens (including phenoxy) is 1. The van der Waals surface area contributed by atoms with Crippen molar-refractivity contribution in [3.63, 3.8) is 0 Å². The fraction of sp³-hybridized carbons (Fsp3) is 0.217. The molecule has 1 fully saturated rings. The molecule has 0 aliphatic carbocycles. The van der Waals surface area contributed by atoms with Gasteiger partial charge in [-0.1, -0.05) is 18.2 Å². The van der Waals surface area contributed by atoms with Gasteiger partial charge < -0.3 is 19.9 Å². The second kappa shape index (κ2) is 8.65. The number of anilines is 3. The average Bonchev–Trinajstić information content (AvgIpc) is 2.80. The van der Waals surface area contributed by atoms with Gasteiger partial charge in [0.1, 0.15) is 11.6 Å². The largest absolute Gasteiger partial charge is 0.497 e. The van der Waals surface area contributed by atoms with Crippen LogP contribution in [0.5, 0.6) is 5.75 Å². The van der Waals surface area contributed by atoms with E-state index in [9.17, 15) is 4.79 Å². The highest BCUT2D eigenvalue weighted by Crippen LogP contribution is 2.21. The Morgan fingerprint density at radius 2 is 1.69 bits per heavy atom. The van der Waals surface area contributed by atoms with Crippen molar-refractivity contribution in [2.45, 2.75) is 0 Å². The average molecular weight is 388 g/mol. The second-order valence-electron chi connectivity index (χ2n) is 6.90. The third kappa shape index (κ3) is 4.48. The maximum atomic E-state index is 13.0. The number of hydrogen-bond donors (Lipinski definition) is 1. The molecule has 0 bridgehead atoms. The molecule has 1 aliphatic rings. The number of carbonyl (C=O) groups is 1. The molecule has 2 aromatic carbocycles. The van der Waals surface area contributed by atoms with Crippen LogP contribution in [0.15, 0.2) is 72.9 Å². The molecule has 1 aliphatic heterocycles. The van der Waals surface area contributed by atoms with E-state index in [1.165, 1.54) is 5.69 Å². The summed E-state index contributed by atoms with van der Waals surface area (Å²) in [5.41, 5.74) is 2.73. The Labute approximate surface area is 170 Å². The number of piperazine rings is 1. The molecular formula is C23H24N4O2. The van der Waals surface area contributed by atoms with Gasteiger partial charge in [-0.25, -0.2) is 4.98 Å². The Morgan fingerprint density at radius 3 is 2.38 bits per heavy atom.